The predicted molar refractivity (Wildman–Crippen MR) is 71.5 cm³/mol. The van der Waals surface area contributed by atoms with Gasteiger partial charge in [0, 0.05) is 11.8 Å². The van der Waals surface area contributed by atoms with Gasteiger partial charge in [0.05, 0.1) is 6.54 Å². The molecule has 3 N–H and O–H groups in total. The van der Waals surface area contributed by atoms with Crippen LogP contribution in [0.4, 0.5) is 5.69 Å². The van der Waals surface area contributed by atoms with Crippen molar-refractivity contribution in [2.24, 2.45) is 0 Å². The summed E-state index contributed by atoms with van der Waals surface area (Å²) >= 11 is 0. The van der Waals surface area contributed by atoms with Crippen LogP contribution in [0.1, 0.15) is 24.2 Å². The minimum absolute atomic E-state index is 0.193. The molecule has 1 aromatic carbocycles. The number of amides is 1. The zero-order chi connectivity index (χ0) is 14.4. The summed E-state index contributed by atoms with van der Waals surface area (Å²) in [6.45, 7) is 5.73. The van der Waals surface area contributed by atoms with Crippen LogP contribution in [-0.2, 0) is 4.79 Å². The van der Waals surface area contributed by atoms with Crippen molar-refractivity contribution in [1.29, 1.82) is 0 Å². The molecule has 1 aromatic rings. The van der Waals surface area contributed by atoms with E-state index in [1.54, 1.807) is 0 Å². The molecule has 0 aliphatic rings. The van der Waals surface area contributed by atoms with Gasteiger partial charge in [-0.15, -0.1) is 0 Å². The van der Waals surface area contributed by atoms with Crippen molar-refractivity contribution in [3.05, 3.63) is 23.8 Å². The Bertz CT molecular complexity index is 470. The van der Waals surface area contributed by atoms with Crippen LogP contribution in [0.3, 0.4) is 0 Å². The topological polar surface area (TPSA) is 89.9 Å². The summed E-state index contributed by atoms with van der Waals surface area (Å²) in [6, 6.07) is 3.93. The number of aromatic carboxylic acids is 1. The van der Waals surface area contributed by atoms with Gasteiger partial charge >= 0.3 is 5.97 Å². The quantitative estimate of drug-likeness (QED) is 0.723. The van der Waals surface area contributed by atoms with Crippen molar-refractivity contribution in [2.45, 2.75) is 13.8 Å². The van der Waals surface area contributed by atoms with Crippen molar-refractivity contribution in [1.82, 2.24) is 4.90 Å². The Morgan fingerprint density at radius 3 is 2.37 bits per heavy atom. The molecule has 0 bridgehead atoms. The molecule has 6 heteroatoms. The number of nitrogens with one attached hydrogen (secondary N) is 1. The molecule has 0 aromatic heterocycles. The second-order valence-electron chi connectivity index (χ2n) is 4.05. The number of hydrogen-bond acceptors (Lipinski definition) is 4. The van der Waals surface area contributed by atoms with Crippen molar-refractivity contribution in [3.63, 3.8) is 0 Å². The van der Waals surface area contributed by atoms with Gasteiger partial charge in [-0.1, -0.05) is 13.8 Å². The summed E-state index contributed by atoms with van der Waals surface area (Å²) in [7, 11) is 0. The number of likely N-dealkylation sites (N-methyl/N-ethyl adjacent to an activating group) is 1. The zero-order valence-corrected chi connectivity index (χ0v) is 11.0. The lowest BCUT2D eigenvalue weighted by atomic mass is 10.2. The van der Waals surface area contributed by atoms with Crippen molar-refractivity contribution in [2.75, 3.05) is 25.0 Å². The summed E-state index contributed by atoms with van der Waals surface area (Å²) in [4.78, 5) is 24.4. The molecule has 0 aliphatic carbocycles. The van der Waals surface area contributed by atoms with Gasteiger partial charge in [-0.2, -0.15) is 0 Å². The van der Waals surface area contributed by atoms with E-state index in [1.807, 2.05) is 18.7 Å². The fourth-order valence-corrected chi connectivity index (χ4v) is 1.64. The second kappa shape index (κ2) is 6.75. The van der Waals surface area contributed by atoms with Crippen LogP contribution in [0, 0.1) is 0 Å². The largest absolute Gasteiger partial charge is 0.507 e. The molecule has 0 unspecified atom stereocenters. The monoisotopic (exact) mass is 266 g/mol. The molecule has 104 valence electrons. The van der Waals surface area contributed by atoms with E-state index in [-0.39, 0.29) is 23.8 Å². The lowest BCUT2D eigenvalue weighted by molar-refractivity contribution is -0.117. The summed E-state index contributed by atoms with van der Waals surface area (Å²) in [5.41, 5.74) is 0.182. The average molecular weight is 266 g/mol. The molecular formula is C13H18N2O4. The van der Waals surface area contributed by atoms with Gasteiger partial charge in [0.15, 0.2) is 0 Å². The number of nitrogens with zero attached hydrogens (tertiary/aromatic N) is 1. The SMILES string of the molecule is CCN(CC)CC(=O)Nc1ccc(C(=O)O)c(O)c1. The lowest BCUT2D eigenvalue weighted by Gasteiger charge is -2.17. The highest BCUT2D eigenvalue weighted by molar-refractivity contribution is 5.95. The highest BCUT2D eigenvalue weighted by Crippen LogP contribution is 2.21. The van der Waals surface area contributed by atoms with Gasteiger partial charge in [0.25, 0.3) is 0 Å². The zero-order valence-electron chi connectivity index (χ0n) is 11.0. The Hall–Kier alpha value is -2.08. The molecule has 1 rings (SSSR count). The number of carbonyl (C=O) groups is 2. The second-order valence-corrected chi connectivity index (χ2v) is 4.05. The molecule has 0 spiro atoms. The van der Waals surface area contributed by atoms with Crippen LogP contribution in [0.5, 0.6) is 5.75 Å². The van der Waals surface area contributed by atoms with E-state index in [0.29, 0.717) is 5.69 Å². The van der Waals surface area contributed by atoms with Crippen LogP contribution in [0.25, 0.3) is 0 Å². The van der Waals surface area contributed by atoms with Crippen LogP contribution in [0.15, 0.2) is 18.2 Å². The minimum Gasteiger partial charge on any atom is -0.507 e. The van der Waals surface area contributed by atoms with Crippen LogP contribution >= 0.6 is 0 Å². The van der Waals surface area contributed by atoms with Gasteiger partial charge in [0.2, 0.25) is 5.91 Å². The number of hydrogen-bond donors (Lipinski definition) is 3. The fraction of sp³-hybridized carbons (Fsp3) is 0.385. The highest BCUT2D eigenvalue weighted by atomic mass is 16.4. The highest BCUT2D eigenvalue weighted by Gasteiger charge is 2.12. The lowest BCUT2D eigenvalue weighted by Crippen LogP contribution is -2.32. The maximum Gasteiger partial charge on any atom is 0.339 e. The summed E-state index contributed by atoms with van der Waals surface area (Å²) < 4.78 is 0. The first-order chi connectivity index (χ1) is 8.97. The normalized spacial score (nSPS) is 10.5. The van der Waals surface area contributed by atoms with Crippen LogP contribution in [0.2, 0.25) is 0 Å². The molecular weight excluding hydrogens is 248 g/mol. The van der Waals surface area contributed by atoms with Gasteiger partial charge in [-0.25, -0.2) is 4.79 Å². The molecule has 0 aliphatic heterocycles. The van der Waals surface area contributed by atoms with Gasteiger partial charge in [-0.3, -0.25) is 9.69 Å². The van der Waals surface area contributed by atoms with Crippen LogP contribution < -0.4 is 5.32 Å². The van der Waals surface area contributed by atoms with E-state index in [0.717, 1.165) is 13.1 Å². The fourth-order valence-electron chi connectivity index (χ4n) is 1.64. The summed E-state index contributed by atoms with van der Waals surface area (Å²) in [6.07, 6.45) is 0. The molecule has 0 atom stereocenters. The van der Waals surface area contributed by atoms with E-state index in [9.17, 15) is 14.7 Å². The Morgan fingerprint density at radius 2 is 1.89 bits per heavy atom. The smallest absolute Gasteiger partial charge is 0.339 e. The standard InChI is InChI=1S/C13H18N2O4/c1-3-15(4-2)8-12(17)14-9-5-6-10(13(18)19)11(16)7-9/h5-7,16H,3-4,8H2,1-2H3,(H,14,17)(H,18,19). The maximum atomic E-state index is 11.7. The molecule has 0 radical (unpaired) electrons. The molecule has 6 nitrogen and oxygen atoms in total. The third kappa shape index (κ3) is 4.26. The van der Waals surface area contributed by atoms with Crippen molar-refractivity contribution < 1.29 is 19.8 Å². The number of carboxylic acids is 1. The number of phenols is 1. The number of carboxylic acid groups (broad SMARTS) is 1. The number of benzene rings is 1. The average Bonchev–Trinajstić information content (AvgIpc) is 2.35. The van der Waals surface area contributed by atoms with Gasteiger partial charge in [0.1, 0.15) is 11.3 Å². The van der Waals surface area contributed by atoms with Gasteiger partial charge in [-0.05, 0) is 25.2 Å². The number of anilines is 1. The Kier molecular flexibility index (Phi) is 5.32. The third-order valence-corrected chi connectivity index (χ3v) is 2.77. The molecule has 0 fully saturated rings. The number of aromatic hydroxyl groups is 1. The van der Waals surface area contributed by atoms with Gasteiger partial charge < -0.3 is 15.5 Å². The molecule has 1 amide bonds. The van der Waals surface area contributed by atoms with E-state index in [1.165, 1.54) is 18.2 Å². The molecule has 0 heterocycles. The first-order valence-corrected chi connectivity index (χ1v) is 6.06. The van der Waals surface area contributed by atoms with Crippen molar-refractivity contribution >= 4 is 17.6 Å². The Labute approximate surface area is 111 Å². The molecule has 19 heavy (non-hydrogen) atoms. The van der Waals surface area contributed by atoms with E-state index in [2.05, 4.69) is 5.32 Å². The first kappa shape index (κ1) is 15.0. The maximum absolute atomic E-state index is 11.7. The van der Waals surface area contributed by atoms with E-state index < -0.39 is 5.97 Å². The van der Waals surface area contributed by atoms with Crippen LogP contribution in [-0.4, -0.2) is 46.6 Å². The summed E-state index contributed by atoms with van der Waals surface area (Å²) in [5.74, 6) is -1.78. The Morgan fingerprint density at radius 1 is 1.26 bits per heavy atom. The molecule has 0 saturated carbocycles. The van der Waals surface area contributed by atoms with E-state index >= 15 is 0 Å². The summed E-state index contributed by atoms with van der Waals surface area (Å²) in [5, 5.41) is 20.9. The minimum atomic E-state index is -1.21. The van der Waals surface area contributed by atoms with E-state index in [4.69, 9.17) is 5.11 Å². The predicted octanol–water partition coefficient (Wildman–Crippen LogP) is 1.37. The number of carbonyl (C=O) groups excluding carboxylic acids is 1. The number of rotatable bonds is 6. The van der Waals surface area contributed by atoms with Crippen molar-refractivity contribution in [3.8, 4) is 5.75 Å². The third-order valence-electron chi connectivity index (χ3n) is 2.77. The first-order valence-electron chi connectivity index (χ1n) is 6.06. The Balaban J connectivity index is 2.70. The molecule has 0 saturated heterocycles.